The molecule has 2 aliphatic rings. The Kier molecular flexibility index (Phi) is 6.56. The number of nitrogens with zero attached hydrogens (tertiary/aromatic N) is 5. The number of piperazine rings is 1. The molecule has 12 heteroatoms. The summed E-state index contributed by atoms with van der Waals surface area (Å²) in [5, 5.41) is 4.39. The van der Waals surface area contributed by atoms with Crippen molar-refractivity contribution in [2.75, 3.05) is 39.3 Å². The van der Waals surface area contributed by atoms with Gasteiger partial charge in [0, 0.05) is 44.8 Å². The van der Waals surface area contributed by atoms with Gasteiger partial charge < -0.3 is 9.15 Å². The van der Waals surface area contributed by atoms with Crippen LogP contribution in [0.25, 0.3) is 11.5 Å². The second kappa shape index (κ2) is 9.04. The molecule has 0 saturated carbocycles. The Bertz CT molecular complexity index is 1050. The summed E-state index contributed by atoms with van der Waals surface area (Å²) in [5.74, 6) is -0.0163. The molecule has 2 fully saturated rings. The van der Waals surface area contributed by atoms with E-state index in [4.69, 9.17) is 21.4 Å². The Morgan fingerprint density at radius 2 is 1.68 bits per heavy atom. The lowest BCUT2D eigenvalue weighted by Gasteiger charge is -2.40. The van der Waals surface area contributed by atoms with Gasteiger partial charge in [-0.3, -0.25) is 4.90 Å². The molecule has 9 nitrogen and oxygen atoms in total. The van der Waals surface area contributed by atoms with Gasteiger partial charge >= 0.3 is 0 Å². The van der Waals surface area contributed by atoms with E-state index in [0.717, 1.165) is 0 Å². The first kappa shape index (κ1) is 22.5. The third-order valence-electron chi connectivity index (χ3n) is 5.40. The van der Waals surface area contributed by atoms with E-state index >= 15 is 0 Å². The van der Waals surface area contributed by atoms with Crippen LogP contribution in [0.1, 0.15) is 13.8 Å². The van der Waals surface area contributed by atoms with Crippen molar-refractivity contribution in [3.05, 3.63) is 34.9 Å². The van der Waals surface area contributed by atoms with Crippen molar-refractivity contribution in [1.82, 2.24) is 23.3 Å². The number of benzene rings is 1. The summed E-state index contributed by atoms with van der Waals surface area (Å²) in [6.45, 7) is 6.78. The molecule has 2 unspecified atom stereocenters. The van der Waals surface area contributed by atoms with Crippen LogP contribution < -0.4 is 0 Å². The standard InChI is InChI=1S/C19H26FN5O4S2/c1-14-11-24(12-15(2)28-14)31(26,27)23-9-7-22(8-10-23)13-25-19(30)29-18(21-25)16-3-5-17(20)6-4-16/h3-6,14-15H,7-13H2,1-2H3. The second-order valence-corrected chi connectivity index (χ2v) is 10.2. The minimum atomic E-state index is -3.52. The van der Waals surface area contributed by atoms with E-state index in [1.165, 1.54) is 20.7 Å². The highest BCUT2D eigenvalue weighted by molar-refractivity contribution is 7.86. The molecule has 0 bridgehead atoms. The number of hydrogen-bond donors (Lipinski definition) is 0. The minimum Gasteiger partial charge on any atom is -0.409 e. The number of rotatable bonds is 5. The third-order valence-corrected chi connectivity index (χ3v) is 7.66. The molecule has 1 aromatic heterocycles. The van der Waals surface area contributed by atoms with Crippen molar-refractivity contribution in [3.63, 3.8) is 0 Å². The van der Waals surface area contributed by atoms with Crippen LogP contribution in [0.3, 0.4) is 0 Å². The van der Waals surface area contributed by atoms with E-state index in [2.05, 4.69) is 10.00 Å². The van der Waals surface area contributed by atoms with Crippen LogP contribution >= 0.6 is 12.2 Å². The van der Waals surface area contributed by atoms with Crippen molar-refractivity contribution in [2.45, 2.75) is 32.7 Å². The monoisotopic (exact) mass is 471 g/mol. The summed E-state index contributed by atoms with van der Waals surface area (Å²) >= 11 is 5.27. The maximum Gasteiger partial charge on any atom is 0.288 e. The molecule has 0 aliphatic carbocycles. The van der Waals surface area contributed by atoms with Crippen LogP contribution in [-0.2, 0) is 21.6 Å². The number of morpholine rings is 1. The summed E-state index contributed by atoms with van der Waals surface area (Å²) in [6.07, 6.45) is -0.242. The van der Waals surface area contributed by atoms with Crippen molar-refractivity contribution in [3.8, 4) is 11.5 Å². The van der Waals surface area contributed by atoms with Gasteiger partial charge in [-0.05, 0) is 50.3 Å². The average molecular weight is 472 g/mol. The Labute approximate surface area is 186 Å². The lowest BCUT2D eigenvalue weighted by molar-refractivity contribution is -0.0458. The number of hydrogen-bond acceptors (Lipinski definition) is 7. The molecule has 31 heavy (non-hydrogen) atoms. The third kappa shape index (κ3) is 5.04. The zero-order valence-electron chi connectivity index (χ0n) is 17.5. The fourth-order valence-corrected chi connectivity index (χ4v) is 5.80. The van der Waals surface area contributed by atoms with Gasteiger partial charge in [0.15, 0.2) is 0 Å². The predicted molar refractivity (Wildman–Crippen MR) is 114 cm³/mol. The zero-order valence-corrected chi connectivity index (χ0v) is 19.1. The van der Waals surface area contributed by atoms with E-state index in [9.17, 15) is 12.8 Å². The molecule has 2 atom stereocenters. The minimum absolute atomic E-state index is 0.121. The first-order chi connectivity index (χ1) is 14.7. The summed E-state index contributed by atoms with van der Waals surface area (Å²) in [7, 11) is -3.52. The van der Waals surface area contributed by atoms with Gasteiger partial charge in [0.1, 0.15) is 5.82 Å². The highest BCUT2D eigenvalue weighted by Crippen LogP contribution is 2.20. The molecular weight excluding hydrogens is 445 g/mol. The topological polar surface area (TPSA) is 84.1 Å². The summed E-state index contributed by atoms with van der Waals surface area (Å²) in [4.78, 5) is 2.29. The van der Waals surface area contributed by atoms with Crippen LogP contribution in [0.4, 0.5) is 4.39 Å². The summed E-state index contributed by atoms with van der Waals surface area (Å²) in [6, 6.07) is 5.83. The predicted octanol–water partition coefficient (Wildman–Crippen LogP) is 1.94. The smallest absolute Gasteiger partial charge is 0.288 e. The molecule has 0 amide bonds. The maximum atomic E-state index is 13.1. The highest BCUT2D eigenvalue weighted by atomic mass is 32.2. The van der Waals surface area contributed by atoms with Gasteiger partial charge in [0.2, 0.25) is 5.89 Å². The highest BCUT2D eigenvalue weighted by Gasteiger charge is 2.36. The molecule has 4 rings (SSSR count). The molecule has 0 radical (unpaired) electrons. The Hall–Kier alpha value is -1.70. The van der Waals surface area contributed by atoms with Crippen LogP contribution in [0.15, 0.2) is 28.7 Å². The van der Waals surface area contributed by atoms with E-state index in [1.54, 1.807) is 16.8 Å². The fourth-order valence-electron chi connectivity index (χ4n) is 3.88. The van der Waals surface area contributed by atoms with E-state index in [1.807, 2.05) is 13.8 Å². The Balaban J connectivity index is 1.37. The lowest BCUT2D eigenvalue weighted by atomic mass is 10.2. The molecular formula is C19H26FN5O4S2. The summed E-state index contributed by atoms with van der Waals surface area (Å²) in [5.41, 5.74) is 0.635. The van der Waals surface area contributed by atoms with Gasteiger partial charge in [-0.15, -0.1) is 5.10 Å². The van der Waals surface area contributed by atoms with Gasteiger partial charge in [-0.2, -0.15) is 17.0 Å². The van der Waals surface area contributed by atoms with Crippen molar-refractivity contribution >= 4 is 22.4 Å². The maximum absolute atomic E-state index is 13.1. The molecule has 3 heterocycles. The van der Waals surface area contributed by atoms with Crippen LogP contribution in [-0.4, -0.2) is 83.2 Å². The first-order valence-electron chi connectivity index (χ1n) is 10.2. The number of halogens is 1. The average Bonchev–Trinajstić information content (AvgIpc) is 3.08. The second-order valence-electron chi connectivity index (χ2n) is 7.92. The van der Waals surface area contributed by atoms with Gasteiger partial charge in [0.05, 0.1) is 18.9 Å². The fraction of sp³-hybridized carbons (Fsp3) is 0.579. The van der Waals surface area contributed by atoms with Crippen LogP contribution in [0.2, 0.25) is 0 Å². The van der Waals surface area contributed by atoms with Crippen LogP contribution in [0.5, 0.6) is 0 Å². The molecule has 2 aromatic rings. The van der Waals surface area contributed by atoms with E-state index < -0.39 is 10.2 Å². The zero-order chi connectivity index (χ0) is 22.2. The number of aromatic nitrogens is 2. The lowest BCUT2D eigenvalue weighted by Crippen LogP contribution is -2.57. The quantitative estimate of drug-likeness (QED) is 0.616. The normalized spacial score (nSPS) is 24.5. The Morgan fingerprint density at radius 3 is 2.29 bits per heavy atom. The van der Waals surface area contributed by atoms with Crippen LogP contribution in [0, 0.1) is 10.7 Å². The SMILES string of the molecule is CC1CN(S(=O)(=O)N2CCN(Cn3nc(-c4ccc(F)cc4)oc3=S)CC2)CC(C)O1. The van der Waals surface area contributed by atoms with E-state index in [0.29, 0.717) is 57.4 Å². The largest absolute Gasteiger partial charge is 0.409 e. The Morgan fingerprint density at radius 1 is 1.06 bits per heavy atom. The molecule has 0 N–H and O–H groups in total. The molecule has 1 aromatic carbocycles. The van der Waals surface area contributed by atoms with Gasteiger partial charge in [0.25, 0.3) is 15.0 Å². The molecule has 2 saturated heterocycles. The molecule has 170 valence electrons. The van der Waals surface area contributed by atoms with Crippen molar-refractivity contribution < 1.29 is 22.0 Å². The molecule has 2 aliphatic heterocycles. The number of ether oxygens (including phenoxy) is 1. The van der Waals surface area contributed by atoms with Gasteiger partial charge in [-0.25, -0.2) is 9.07 Å². The van der Waals surface area contributed by atoms with Crippen molar-refractivity contribution in [2.24, 2.45) is 0 Å². The van der Waals surface area contributed by atoms with Gasteiger partial charge in [-0.1, -0.05) is 0 Å². The summed E-state index contributed by atoms with van der Waals surface area (Å²) < 4.78 is 55.0. The van der Waals surface area contributed by atoms with Crippen molar-refractivity contribution in [1.29, 1.82) is 0 Å². The first-order valence-corrected chi connectivity index (χ1v) is 12.0. The molecule has 0 spiro atoms. The van der Waals surface area contributed by atoms with E-state index in [-0.39, 0.29) is 22.9 Å².